The highest BCUT2D eigenvalue weighted by atomic mass is 32.2. The molecular formula is C21H26FN3O3S. The maximum absolute atomic E-state index is 13.1. The van der Waals surface area contributed by atoms with E-state index in [1.165, 1.54) is 12.1 Å². The minimum atomic E-state index is -3.39. The SMILES string of the molecule is CCS(=O)(=O)Nc1cccc(C(=O)N2CCCN(Cc3ccc(F)cc3)CC2)c1. The number of nitrogens with zero attached hydrogens (tertiary/aromatic N) is 2. The molecule has 0 unspecified atom stereocenters. The Kier molecular flexibility index (Phi) is 6.87. The van der Waals surface area contributed by atoms with E-state index in [9.17, 15) is 17.6 Å². The van der Waals surface area contributed by atoms with Crippen LogP contribution in [0.4, 0.5) is 10.1 Å². The Balaban J connectivity index is 1.62. The van der Waals surface area contributed by atoms with Gasteiger partial charge < -0.3 is 4.90 Å². The topological polar surface area (TPSA) is 69.7 Å². The van der Waals surface area contributed by atoms with Crippen LogP contribution in [0, 0.1) is 5.82 Å². The van der Waals surface area contributed by atoms with Crippen LogP contribution in [0.3, 0.4) is 0 Å². The van der Waals surface area contributed by atoms with Gasteiger partial charge in [0, 0.05) is 44.0 Å². The summed E-state index contributed by atoms with van der Waals surface area (Å²) in [6.45, 7) is 5.10. The normalized spacial score (nSPS) is 15.7. The summed E-state index contributed by atoms with van der Waals surface area (Å²) in [6.07, 6.45) is 0.842. The van der Waals surface area contributed by atoms with Gasteiger partial charge in [0.1, 0.15) is 5.82 Å². The van der Waals surface area contributed by atoms with Gasteiger partial charge in [-0.1, -0.05) is 18.2 Å². The van der Waals surface area contributed by atoms with Crippen molar-refractivity contribution in [2.75, 3.05) is 36.7 Å². The van der Waals surface area contributed by atoms with Gasteiger partial charge in [-0.05, 0) is 49.2 Å². The van der Waals surface area contributed by atoms with Crippen molar-refractivity contribution < 1.29 is 17.6 Å². The molecule has 1 N–H and O–H groups in total. The predicted octanol–water partition coefficient (Wildman–Crippen LogP) is 2.94. The molecule has 1 amide bonds. The summed E-state index contributed by atoms with van der Waals surface area (Å²) in [5.41, 5.74) is 1.90. The lowest BCUT2D eigenvalue weighted by Gasteiger charge is -2.22. The summed E-state index contributed by atoms with van der Waals surface area (Å²) < 4.78 is 39.1. The van der Waals surface area contributed by atoms with Gasteiger partial charge >= 0.3 is 0 Å². The Bertz CT molecular complexity index is 948. The molecule has 0 aromatic heterocycles. The molecule has 1 aliphatic rings. The molecule has 0 aliphatic carbocycles. The van der Waals surface area contributed by atoms with Crippen molar-refractivity contribution in [3.05, 3.63) is 65.5 Å². The molecule has 0 saturated carbocycles. The standard InChI is InChI=1S/C21H26FN3O3S/c1-2-29(27,28)23-20-6-3-5-18(15-20)21(26)25-12-4-11-24(13-14-25)16-17-7-9-19(22)10-8-17/h3,5-10,15,23H,2,4,11-14,16H2,1H3. The van der Waals surface area contributed by atoms with Crippen LogP contribution < -0.4 is 4.72 Å². The second-order valence-corrected chi connectivity index (χ2v) is 9.15. The molecule has 0 bridgehead atoms. The Labute approximate surface area is 171 Å². The summed E-state index contributed by atoms with van der Waals surface area (Å²) in [4.78, 5) is 17.0. The average molecular weight is 420 g/mol. The van der Waals surface area contributed by atoms with Crippen LogP contribution in [0.25, 0.3) is 0 Å². The summed E-state index contributed by atoms with van der Waals surface area (Å²) in [7, 11) is -3.39. The van der Waals surface area contributed by atoms with Crippen molar-refractivity contribution in [2.24, 2.45) is 0 Å². The van der Waals surface area contributed by atoms with E-state index < -0.39 is 10.0 Å². The number of rotatable bonds is 6. The first-order valence-corrected chi connectivity index (χ1v) is 11.4. The number of carbonyl (C=O) groups is 1. The molecule has 2 aromatic rings. The zero-order valence-corrected chi connectivity index (χ0v) is 17.3. The smallest absolute Gasteiger partial charge is 0.253 e. The van der Waals surface area contributed by atoms with Crippen LogP contribution in [-0.4, -0.2) is 56.1 Å². The van der Waals surface area contributed by atoms with Gasteiger partial charge in [0.2, 0.25) is 10.0 Å². The molecule has 1 aliphatic heterocycles. The van der Waals surface area contributed by atoms with Crippen LogP contribution in [0.5, 0.6) is 0 Å². The lowest BCUT2D eigenvalue weighted by molar-refractivity contribution is 0.0761. The van der Waals surface area contributed by atoms with Crippen molar-refractivity contribution >= 4 is 21.6 Å². The minimum Gasteiger partial charge on any atom is -0.337 e. The number of amides is 1. The largest absolute Gasteiger partial charge is 0.337 e. The molecule has 0 spiro atoms. The van der Waals surface area contributed by atoms with Gasteiger partial charge in [0.05, 0.1) is 5.75 Å². The number of halogens is 1. The number of sulfonamides is 1. The van der Waals surface area contributed by atoms with E-state index in [2.05, 4.69) is 9.62 Å². The van der Waals surface area contributed by atoms with Crippen molar-refractivity contribution in [1.82, 2.24) is 9.80 Å². The van der Waals surface area contributed by atoms with Crippen molar-refractivity contribution in [1.29, 1.82) is 0 Å². The van der Waals surface area contributed by atoms with E-state index in [4.69, 9.17) is 0 Å². The number of nitrogens with one attached hydrogen (secondary N) is 1. The van der Waals surface area contributed by atoms with Gasteiger partial charge in [-0.25, -0.2) is 12.8 Å². The van der Waals surface area contributed by atoms with Crippen LogP contribution >= 0.6 is 0 Å². The number of hydrogen-bond acceptors (Lipinski definition) is 4. The first kappa shape index (κ1) is 21.3. The Morgan fingerprint density at radius 1 is 1.07 bits per heavy atom. The van der Waals surface area contributed by atoms with Crippen molar-refractivity contribution in [3.63, 3.8) is 0 Å². The van der Waals surface area contributed by atoms with E-state index in [1.807, 2.05) is 0 Å². The average Bonchev–Trinajstić information content (AvgIpc) is 2.95. The van der Waals surface area contributed by atoms with Crippen LogP contribution in [0.2, 0.25) is 0 Å². The molecule has 0 atom stereocenters. The van der Waals surface area contributed by atoms with Crippen LogP contribution in [-0.2, 0) is 16.6 Å². The molecule has 29 heavy (non-hydrogen) atoms. The molecule has 3 rings (SSSR count). The van der Waals surface area contributed by atoms with Gasteiger partial charge in [-0.15, -0.1) is 0 Å². The summed E-state index contributed by atoms with van der Waals surface area (Å²) in [5.74, 6) is -0.378. The summed E-state index contributed by atoms with van der Waals surface area (Å²) in [6, 6.07) is 13.1. The van der Waals surface area contributed by atoms with Gasteiger partial charge in [0.25, 0.3) is 5.91 Å². The maximum Gasteiger partial charge on any atom is 0.253 e. The summed E-state index contributed by atoms with van der Waals surface area (Å²) in [5, 5.41) is 0. The molecule has 2 aromatic carbocycles. The lowest BCUT2D eigenvalue weighted by atomic mass is 10.1. The predicted molar refractivity (Wildman–Crippen MR) is 112 cm³/mol. The maximum atomic E-state index is 13.1. The quantitative estimate of drug-likeness (QED) is 0.782. The van der Waals surface area contributed by atoms with Gasteiger partial charge in [0.15, 0.2) is 0 Å². The molecule has 1 heterocycles. The van der Waals surface area contributed by atoms with Crippen molar-refractivity contribution in [2.45, 2.75) is 19.9 Å². The molecule has 1 saturated heterocycles. The van der Waals surface area contributed by atoms with E-state index in [-0.39, 0.29) is 17.5 Å². The zero-order chi connectivity index (χ0) is 20.9. The molecule has 156 valence electrons. The number of benzene rings is 2. The Hall–Kier alpha value is -2.45. The van der Waals surface area contributed by atoms with Crippen molar-refractivity contribution in [3.8, 4) is 0 Å². The monoisotopic (exact) mass is 419 g/mol. The molecular weight excluding hydrogens is 393 g/mol. The molecule has 6 nitrogen and oxygen atoms in total. The zero-order valence-electron chi connectivity index (χ0n) is 16.5. The third-order valence-corrected chi connectivity index (χ3v) is 6.26. The third-order valence-electron chi connectivity index (χ3n) is 4.96. The van der Waals surface area contributed by atoms with E-state index in [0.717, 1.165) is 31.6 Å². The Morgan fingerprint density at radius 3 is 2.55 bits per heavy atom. The van der Waals surface area contributed by atoms with Gasteiger partial charge in [-0.2, -0.15) is 0 Å². The van der Waals surface area contributed by atoms with Crippen LogP contribution in [0.15, 0.2) is 48.5 Å². The number of hydrogen-bond donors (Lipinski definition) is 1. The molecule has 8 heteroatoms. The first-order chi connectivity index (χ1) is 13.9. The lowest BCUT2D eigenvalue weighted by Crippen LogP contribution is -2.35. The highest BCUT2D eigenvalue weighted by Gasteiger charge is 2.21. The minimum absolute atomic E-state index is 0.0266. The van der Waals surface area contributed by atoms with E-state index in [1.54, 1.807) is 48.2 Å². The summed E-state index contributed by atoms with van der Waals surface area (Å²) >= 11 is 0. The fourth-order valence-corrected chi connectivity index (χ4v) is 3.96. The fraction of sp³-hybridized carbons (Fsp3) is 0.381. The first-order valence-electron chi connectivity index (χ1n) is 9.73. The molecule has 1 fully saturated rings. The highest BCUT2D eigenvalue weighted by Crippen LogP contribution is 2.16. The van der Waals surface area contributed by atoms with E-state index >= 15 is 0 Å². The Morgan fingerprint density at radius 2 is 1.83 bits per heavy atom. The number of carbonyl (C=O) groups excluding carboxylic acids is 1. The third kappa shape index (κ3) is 6.01. The number of anilines is 1. The second-order valence-electron chi connectivity index (χ2n) is 7.13. The second kappa shape index (κ2) is 9.37. The highest BCUT2D eigenvalue weighted by molar-refractivity contribution is 7.92. The van der Waals surface area contributed by atoms with E-state index in [0.29, 0.717) is 24.3 Å². The van der Waals surface area contributed by atoms with Gasteiger partial charge in [-0.3, -0.25) is 14.4 Å². The van der Waals surface area contributed by atoms with Crippen LogP contribution in [0.1, 0.15) is 29.3 Å². The molecule has 0 radical (unpaired) electrons. The fourth-order valence-electron chi connectivity index (χ4n) is 3.33.